The number of nitrogens with two attached hydrogens (primary N) is 1. The van der Waals surface area contributed by atoms with Crippen molar-refractivity contribution in [3.63, 3.8) is 0 Å². The summed E-state index contributed by atoms with van der Waals surface area (Å²) in [5, 5.41) is 9.86. The van der Waals surface area contributed by atoms with E-state index in [9.17, 15) is 0 Å². The Bertz CT molecular complexity index is 473. The summed E-state index contributed by atoms with van der Waals surface area (Å²) >= 11 is 1.74. The lowest BCUT2D eigenvalue weighted by Gasteiger charge is -2.06. The molecule has 0 fully saturated rings. The van der Waals surface area contributed by atoms with Gasteiger partial charge in [-0.15, -0.1) is 11.3 Å². The molecular weight excluding hydrogens is 232 g/mol. The summed E-state index contributed by atoms with van der Waals surface area (Å²) in [7, 11) is 1.92. The molecule has 2 heterocycles. The van der Waals surface area contributed by atoms with Gasteiger partial charge >= 0.3 is 0 Å². The van der Waals surface area contributed by atoms with E-state index in [-0.39, 0.29) is 0 Å². The van der Waals surface area contributed by atoms with E-state index in [1.54, 1.807) is 11.3 Å². The number of hydrogen-bond acceptors (Lipinski definition) is 4. The molecule has 0 spiro atoms. The number of aromatic nitrogens is 2. The zero-order chi connectivity index (χ0) is 12.3. The van der Waals surface area contributed by atoms with E-state index in [4.69, 9.17) is 5.73 Å². The van der Waals surface area contributed by atoms with Crippen molar-refractivity contribution in [2.24, 2.45) is 7.05 Å². The molecule has 2 aromatic heterocycles. The van der Waals surface area contributed by atoms with Gasteiger partial charge in [0.15, 0.2) is 0 Å². The van der Waals surface area contributed by atoms with Gasteiger partial charge in [-0.2, -0.15) is 5.10 Å². The first-order valence-corrected chi connectivity index (χ1v) is 6.68. The van der Waals surface area contributed by atoms with E-state index in [0.717, 1.165) is 36.6 Å². The maximum atomic E-state index is 6.09. The molecule has 0 aliphatic carbocycles. The summed E-state index contributed by atoms with van der Waals surface area (Å²) < 4.78 is 1.83. The van der Waals surface area contributed by atoms with Crippen molar-refractivity contribution in [3.05, 3.63) is 28.1 Å². The van der Waals surface area contributed by atoms with Crippen LogP contribution in [0.1, 0.15) is 23.9 Å². The predicted molar refractivity (Wildman–Crippen MR) is 73.3 cm³/mol. The van der Waals surface area contributed by atoms with Gasteiger partial charge in [0.2, 0.25) is 0 Å². The molecule has 3 N–H and O–H groups in total. The molecule has 0 aliphatic heterocycles. The third-order valence-electron chi connectivity index (χ3n) is 2.66. The lowest BCUT2D eigenvalue weighted by Crippen LogP contribution is -2.05. The minimum absolute atomic E-state index is 0.783. The van der Waals surface area contributed by atoms with Gasteiger partial charge in [-0.25, -0.2) is 0 Å². The molecule has 0 bridgehead atoms. The number of nitrogens with zero attached hydrogens (tertiary/aromatic N) is 2. The quantitative estimate of drug-likeness (QED) is 0.857. The Hall–Kier alpha value is -1.49. The van der Waals surface area contributed by atoms with Crippen LogP contribution in [0.25, 0.3) is 0 Å². The second kappa shape index (κ2) is 5.23. The number of nitrogens with one attached hydrogen (secondary N) is 1. The van der Waals surface area contributed by atoms with Crippen molar-refractivity contribution in [1.82, 2.24) is 9.78 Å². The first-order chi connectivity index (χ1) is 8.22. The van der Waals surface area contributed by atoms with Crippen molar-refractivity contribution in [2.75, 3.05) is 11.1 Å². The third-order valence-corrected chi connectivity index (χ3v) is 3.53. The van der Waals surface area contributed by atoms with E-state index in [1.807, 2.05) is 11.7 Å². The van der Waals surface area contributed by atoms with E-state index in [0.29, 0.717) is 0 Å². The minimum Gasteiger partial charge on any atom is -0.394 e. The summed E-state index contributed by atoms with van der Waals surface area (Å²) in [6.45, 7) is 2.93. The van der Waals surface area contributed by atoms with Crippen molar-refractivity contribution >= 4 is 22.8 Å². The molecule has 0 unspecified atom stereocenters. The van der Waals surface area contributed by atoms with Gasteiger partial charge in [0.05, 0.1) is 17.9 Å². The van der Waals surface area contributed by atoms with Gasteiger partial charge in [0.1, 0.15) is 5.82 Å². The van der Waals surface area contributed by atoms with Crippen LogP contribution in [0.4, 0.5) is 11.5 Å². The fourth-order valence-corrected chi connectivity index (χ4v) is 2.46. The molecule has 2 aromatic rings. The molecule has 0 atom stereocenters. The normalized spacial score (nSPS) is 10.7. The average Bonchev–Trinajstić information content (AvgIpc) is 2.88. The standard InChI is InChI=1S/C12H18N4S/c1-3-5-10-11(13)12(16(2)15-10)14-8-9-6-4-7-17-9/h4,6-7,14H,3,5,8,13H2,1-2H3. The molecule has 0 radical (unpaired) electrons. The molecule has 4 nitrogen and oxygen atoms in total. The number of rotatable bonds is 5. The summed E-state index contributed by atoms with van der Waals surface area (Å²) in [5.74, 6) is 0.918. The first kappa shape index (κ1) is 12.0. The highest BCUT2D eigenvalue weighted by molar-refractivity contribution is 7.09. The molecule has 5 heteroatoms. The number of thiophene rings is 1. The molecule has 17 heavy (non-hydrogen) atoms. The maximum Gasteiger partial charge on any atom is 0.148 e. The second-order valence-corrected chi connectivity index (χ2v) is 5.05. The van der Waals surface area contributed by atoms with E-state index in [1.165, 1.54) is 4.88 Å². The van der Waals surface area contributed by atoms with Crippen LogP contribution < -0.4 is 11.1 Å². The Kier molecular flexibility index (Phi) is 3.68. The minimum atomic E-state index is 0.783. The Morgan fingerprint density at radius 2 is 2.35 bits per heavy atom. The smallest absolute Gasteiger partial charge is 0.148 e. The fourth-order valence-electron chi connectivity index (χ4n) is 1.81. The molecule has 0 aliphatic rings. The number of anilines is 2. The van der Waals surface area contributed by atoms with E-state index < -0.39 is 0 Å². The van der Waals surface area contributed by atoms with Crippen LogP contribution >= 0.6 is 11.3 Å². The van der Waals surface area contributed by atoms with Crippen LogP contribution in [0.5, 0.6) is 0 Å². The highest BCUT2D eigenvalue weighted by Gasteiger charge is 2.12. The molecular formula is C12H18N4S. The molecule has 0 saturated heterocycles. The van der Waals surface area contributed by atoms with Crippen molar-refractivity contribution in [2.45, 2.75) is 26.3 Å². The number of hydrogen-bond donors (Lipinski definition) is 2. The van der Waals surface area contributed by atoms with Crippen molar-refractivity contribution < 1.29 is 0 Å². The summed E-state index contributed by atoms with van der Waals surface area (Å²) in [6, 6.07) is 4.16. The van der Waals surface area contributed by atoms with Crippen LogP contribution in [0.15, 0.2) is 17.5 Å². The Morgan fingerprint density at radius 3 is 3.00 bits per heavy atom. The lowest BCUT2D eigenvalue weighted by atomic mass is 10.2. The summed E-state index contributed by atoms with van der Waals surface area (Å²) in [6.07, 6.45) is 1.99. The molecule has 92 valence electrons. The molecule has 0 amide bonds. The number of nitrogen functional groups attached to an aromatic ring is 1. The van der Waals surface area contributed by atoms with Gasteiger partial charge in [-0.3, -0.25) is 4.68 Å². The number of aryl methyl sites for hydroxylation is 2. The maximum absolute atomic E-state index is 6.09. The van der Waals surface area contributed by atoms with Gasteiger partial charge in [0.25, 0.3) is 0 Å². The molecule has 0 aromatic carbocycles. The Balaban J connectivity index is 2.10. The second-order valence-electron chi connectivity index (χ2n) is 4.02. The highest BCUT2D eigenvalue weighted by Crippen LogP contribution is 2.24. The van der Waals surface area contributed by atoms with Crippen molar-refractivity contribution in [3.8, 4) is 0 Å². The Morgan fingerprint density at radius 1 is 1.53 bits per heavy atom. The van der Waals surface area contributed by atoms with E-state index in [2.05, 4.69) is 34.9 Å². The van der Waals surface area contributed by atoms with Crippen LogP contribution in [0, 0.1) is 0 Å². The Labute approximate surface area is 105 Å². The van der Waals surface area contributed by atoms with Gasteiger partial charge < -0.3 is 11.1 Å². The SMILES string of the molecule is CCCc1nn(C)c(NCc2cccs2)c1N. The fraction of sp³-hybridized carbons (Fsp3) is 0.417. The third kappa shape index (κ3) is 2.61. The van der Waals surface area contributed by atoms with Crippen LogP contribution in [-0.2, 0) is 20.0 Å². The highest BCUT2D eigenvalue weighted by atomic mass is 32.1. The van der Waals surface area contributed by atoms with Gasteiger partial charge in [0, 0.05) is 11.9 Å². The largest absolute Gasteiger partial charge is 0.394 e. The lowest BCUT2D eigenvalue weighted by molar-refractivity contribution is 0.735. The van der Waals surface area contributed by atoms with E-state index >= 15 is 0 Å². The first-order valence-electron chi connectivity index (χ1n) is 5.80. The van der Waals surface area contributed by atoms with Crippen LogP contribution in [-0.4, -0.2) is 9.78 Å². The monoisotopic (exact) mass is 250 g/mol. The van der Waals surface area contributed by atoms with Crippen LogP contribution in [0.2, 0.25) is 0 Å². The zero-order valence-electron chi connectivity index (χ0n) is 10.2. The topological polar surface area (TPSA) is 55.9 Å². The summed E-state index contributed by atoms with van der Waals surface area (Å²) in [4.78, 5) is 1.29. The van der Waals surface area contributed by atoms with Gasteiger partial charge in [-0.05, 0) is 17.9 Å². The zero-order valence-corrected chi connectivity index (χ0v) is 11.0. The molecule has 2 rings (SSSR count). The molecule has 0 saturated carbocycles. The van der Waals surface area contributed by atoms with Crippen molar-refractivity contribution in [1.29, 1.82) is 0 Å². The predicted octanol–water partition coefficient (Wildman–Crippen LogP) is 2.63. The average molecular weight is 250 g/mol. The van der Waals surface area contributed by atoms with Gasteiger partial charge in [-0.1, -0.05) is 19.4 Å². The van der Waals surface area contributed by atoms with Crippen LogP contribution in [0.3, 0.4) is 0 Å². The summed E-state index contributed by atoms with van der Waals surface area (Å²) in [5.41, 5.74) is 7.86.